The number of rotatable bonds is 5. The molecular weight excluding hydrogens is 140 g/mol. The van der Waals surface area contributed by atoms with Crippen LogP contribution in [0.15, 0.2) is 25.3 Å². The Bertz CT molecular complexity index is 140. The fraction of sp³-hybridized carbons (Fsp3) is 0.444. The monoisotopic (exact) mass is 154 g/mol. The molecule has 0 atom stereocenters. The van der Waals surface area contributed by atoms with Crippen LogP contribution < -0.4 is 0 Å². The van der Waals surface area contributed by atoms with Crippen LogP contribution in [0.25, 0.3) is 0 Å². The summed E-state index contributed by atoms with van der Waals surface area (Å²) in [6.07, 6.45) is 4.73. The summed E-state index contributed by atoms with van der Waals surface area (Å²) in [5, 5.41) is 0. The second-order valence-corrected chi connectivity index (χ2v) is 2.27. The van der Waals surface area contributed by atoms with Crippen molar-refractivity contribution in [3.8, 4) is 0 Å². The number of ether oxygens (including phenoxy) is 1. The first kappa shape index (κ1) is 9.95. The molecule has 0 aromatic heterocycles. The van der Waals surface area contributed by atoms with Gasteiger partial charge in [-0.15, -0.1) is 13.2 Å². The highest BCUT2D eigenvalue weighted by Crippen LogP contribution is 2.10. The predicted octanol–water partition coefficient (Wildman–Crippen LogP) is 1.93. The van der Waals surface area contributed by atoms with Gasteiger partial charge in [0.25, 0.3) is 0 Å². The van der Waals surface area contributed by atoms with Gasteiger partial charge in [-0.3, -0.25) is 4.79 Å². The minimum absolute atomic E-state index is 0.102. The average molecular weight is 154 g/mol. The molecule has 0 fully saturated rings. The van der Waals surface area contributed by atoms with E-state index >= 15 is 0 Å². The Balaban J connectivity index is 3.95. The number of esters is 1. The van der Waals surface area contributed by atoms with E-state index in [0.717, 1.165) is 0 Å². The van der Waals surface area contributed by atoms with Crippen molar-refractivity contribution in [2.75, 3.05) is 7.11 Å². The molecule has 0 N–H and O–H groups in total. The van der Waals surface area contributed by atoms with E-state index < -0.39 is 0 Å². The molecule has 0 saturated carbocycles. The Morgan fingerprint density at radius 2 is 1.91 bits per heavy atom. The highest BCUT2D eigenvalue weighted by Gasteiger charge is 2.14. The number of hydrogen-bond donors (Lipinski definition) is 0. The van der Waals surface area contributed by atoms with Gasteiger partial charge in [0.1, 0.15) is 0 Å². The fourth-order valence-corrected chi connectivity index (χ4v) is 0.858. The lowest BCUT2D eigenvalue weighted by Crippen LogP contribution is -2.14. The van der Waals surface area contributed by atoms with Crippen molar-refractivity contribution < 1.29 is 9.53 Å². The van der Waals surface area contributed by atoms with Gasteiger partial charge in [0.2, 0.25) is 0 Å². The van der Waals surface area contributed by atoms with Crippen LogP contribution >= 0.6 is 0 Å². The molecule has 0 unspecified atom stereocenters. The van der Waals surface area contributed by atoms with Gasteiger partial charge in [0.05, 0.1) is 13.0 Å². The molecule has 0 radical (unpaired) electrons. The molecule has 11 heavy (non-hydrogen) atoms. The summed E-state index contributed by atoms with van der Waals surface area (Å²) in [5.74, 6) is -0.292. The number of carbonyl (C=O) groups is 1. The van der Waals surface area contributed by atoms with Crippen LogP contribution in [0, 0.1) is 5.92 Å². The standard InChI is InChI=1S/C9H14O2/c1-4-6-8(7-5-2)9(10)11-3/h4-5,8H,1-2,6-7H2,3H3. The van der Waals surface area contributed by atoms with Gasteiger partial charge in [0.15, 0.2) is 0 Å². The van der Waals surface area contributed by atoms with Crippen molar-refractivity contribution in [3.63, 3.8) is 0 Å². The predicted molar refractivity (Wildman–Crippen MR) is 45.1 cm³/mol. The topological polar surface area (TPSA) is 26.3 Å². The molecule has 0 amide bonds. The van der Waals surface area contributed by atoms with Gasteiger partial charge in [-0.2, -0.15) is 0 Å². The van der Waals surface area contributed by atoms with Crippen LogP contribution in [0.2, 0.25) is 0 Å². The first-order valence-electron chi connectivity index (χ1n) is 3.55. The molecule has 0 aliphatic rings. The minimum Gasteiger partial charge on any atom is -0.469 e. The normalized spacial score (nSPS) is 9.27. The van der Waals surface area contributed by atoms with E-state index in [1.54, 1.807) is 12.2 Å². The number of carbonyl (C=O) groups excluding carboxylic acids is 1. The molecule has 0 aliphatic heterocycles. The Morgan fingerprint density at radius 1 is 1.45 bits per heavy atom. The van der Waals surface area contributed by atoms with Crippen molar-refractivity contribution in [1.29, 1.82) is 0 Å². The Labute approximate surface area is 67.6 Å². The van der Waals surface area contributed by atoms with Gasteiger partial charge in [-0.1, -0.05) is 12.2 Å². The maximum atomic E-state index is 11.0. The third-order valence-corrected chi connectivity index (χ3v) is 1.44. The maximum absolute atomic E-state index is 11.0. The molecule has 0 bridgehead atoms. The van der Waals surface area contributed by atoms with Crippen LogP contribution in [0.4, 0.5) is 0 Å². The third-order valence-electron chi connectivity index (χ3n) is 1.44. The summed E-state index contributed by atoms with van der Waals surface area (Å²) in [4.78, 5) is 11.0. The van der Waals surface area contributed by atoms with Crippen molar-refractivity contribution in [3.05, 3.63) is 25.3 Å². The Kier molecular flexibility index (Phi) is 5.17. The van der Waals surface area contributed by atoms with E-state index in [-0.39, 0.29) is 11.9 Å². The van der Waals surface area contributed by atoms with E-state index in [1.165, 1.54) is 7.11 Å². The highest BCUT2D eigenvalue weighted by molar-refractivity contribution is 5.72. The first-order valence-corrected chi connectivity index (χ1v) is 3.55. The average Bonchev–Trinajstić information content (AvgIpc) is 2.03. The zero-order valence-electron chi connectivity index (χ0n) is 6.88. The van der Waals surface area contributed by atoms with Crippen molar-refractivity contribution in [2.45, 2.75) is 12.8 Å². The van der Waals surface area contributed by atoms with Crippen LogP contribution in [0.1, 0.15) is 12.8 Å². The van der Waals surface area contributed by atoms with Gasteiger partial charge in [0, 0.05) is 0 Å². The Morgan fingerprint density at radius 3 is 2.18 bits per heavy atom. The number of methoxy groups -OCH3 is 1. The lowest BCUT2D eigenvalue weighted by molar-refractivity contribution is -0.145. The molecule has 0 aromatic carbocycles. The Hall–Kier alpha value is -1.05. The van der Waals surface area contributed by atoms with Crippen LogP contribution in [0.3, 0.4) is 0 Å². The van der Waals surface area contributed by atoms with E-state index in [0.29, 0.717) is 12.8 Å². The van der Waals surface area contributed by atoms with E-state index in [9.17, 15) is 4.79 Å². The third kappa shape index (κ3) is 3.61. The minimum atomic E-state index is -0.190. The quantitative estimate of drug-likeness (QED) is 0.446. The SMILES string of the molecule is C=CCC(CC=C)C(=O)OC. The molecule has 2 nitrogen and oxygen atoms in total. The van der Waals surface area contributed by atoms with Crippen LogP contribution in [0.5, 0.6) is 0 Å². The number of allylic oxidation sites excluding steroid dienone is 2. The fourth-order valence-electron chi connectivity index (χ4n) is 0.858. The van der Waals surface area contributed by atoms with Gasteiger partial charge >= 0.3 is 5.97 Å². The molecule has 0 spiro atoms. The summed E-state index contributed by atoms with van der Waals surface area (Å²) in [6.45, 7) is 7.11. The molecular formula is C9H14O2. The summed E-state index contributed by atoms with van der Waals surface area (Å²) >= 11 is 0. The lowest BCUT2D eigenvalue weighted by Gasteiger charge is -2.08. The van der Waals surface area contributed by atoms with Crippen LogP contribution in [-0.2, 0) is 9.53 Å². The molecule has 0 aliphatic carbocycles. The van der Waals surface area contributed by atoms with Crippen molar-refractivity contribution in [1.82, 2.24) is 0 Å². The van der Waals surface area contributed by atoms with E-state index in [2.05, 4.69) is 17.9 Å². The molecule has 0 rings (SSSR count). The first-order chi connectivity index (χ1) is 5.26. The summed E-state index contributed by atoms with van der Waals surface area (Å²) in [7, 11) is 1.39. The van der Waals surface area contributed by atoms with E-state index in [1.807, 2.05) is 0 Å². The largest absolute Gasteiger partial charge is 0.469 e. The molecule has 2 heteroatoms. The maximum Gasteiger partial charge on any atom is 0.309 e. The second kappa shape index (κ2) is 5.71. The molecule has 62 valence electrons. The zero-order valence-corrected chi connectivity index (χ0v) is 6.88. The smallest absolute Gasteiger partial charge is 0.309 e. The van der Waals surface area contributed by atoms with Gasteiger partial charge < -0.3 is 4.74 Å². The molecule has 0 saturated heterocycles. The second-order valence-electron chi connectivity index (χ2n) is 2.27. The zero-order chi connectivity index (χ0) is 8.69. The summed E-state index contributed by atoms with van der Waals surface area (Å²) in [6, 6.07) is 0. The van der Waals surface area contributed by atoms with Gasteiger partial charge in [-0.25, -0.2) is 0 Å². The molecule has 0 aromatic rings. The number of hydrogen-bond acceptors (Lipinski definition) is 2. The molecule has 0 heterocycles. The lowest BCUT2D eigenvalue weighted by atomic mass is 10.0. The summed E-state index contributed by atoms with van der Waals surface area (Å²) in [5.41, 5.74) is 0. The highest BCUT2D eigenvalue weighted by atomic mass is 16.5. The van der Waals surface area contributed by atoms with Crippen molar-refractivity contribution >= 4 is 5.97 Å². The summed E-state index contributed by atoms with van der Waals surface area (Å²) < 4.78 is 4.58. The van der Waals surface area contributed by atoms with E-state index in [4.69, 9.17) is 0 Å². The van der Waals surface area contributed by atoms with Crippen molar-refractivity contribution in [2.24, 2.45) is 5.92 Å². The van der Waals surface area contributed by atoms with Gasteiger partial charge in [-0.05, 0) is 12.8 Å². The van der Waals surface area contributed by atoms with Crippen LogP contribution in [-0.4, -0.2) is 13.1 Å².